The standard InChI is InChI=1S/C25H43NO3/c1-2-3-4-5-6-7-8-9-10-11-12-13-17-20-24(28)23(21-27)26-25(29)22-18-15-14-16-19-22/h14-16,18-19,23-24,27-28H,2-13,17,20-21H2,1H3,(H,26,29)/t23-,24-/m1/s1. The molecular weight excluding hydrogens is 362 g/mol. The maximum atomic E-state index is 12.2. The molecule has 29 heavy (non-hydrogen) atoms. The topological polar surface area (TPSA) is 69.6 Å². The fraction of sp³-hybridized carbons (Fsp3) is 0.720. The molecule has 0 aromatic heterocycles. The van der Waals surface area contributed by atoms with E-state index in [-0.39, 0.29) is 12.5 Å². The number of hydrogen-bond donors (Lipinski definition) is 3. The van der Waals surface area contributed by atoms with E-state index in [1.54, 1.807) is 24.3 Å². The first-order valence-corrected chi connectivity index (χ1v) is 11.8. The summed E-state index contributed by atoms with van der Waals surface area (Å²) in [6, 6.07) is 8.29. The van der Waals surface area contributed by atoms with Gasteiger partial charge in [-0.05, 0) is 18.6 Å². The van der Waals surface area contributed by atoms with Crippen LogP contribution in [-0.2, 0) is 0 Å². The number of aliphatic hydroxyl groups is 2. The van der Waals surface area contributed by atoms with Crippen molar-refractivity contribution < 1.29 is 15.0 Å². The molecule has 2 atom stereocenters. The number of carbonyl (C=O) groups excluding carboxylic acids is 1. The largest absolute Gasteiger partial charge is 0.394 e. The Hall–Kier alpha value is -1.39. The number of benzene rings is 1. The summed E-state index contributed by atoms with van der Waals surface area (Å²) in [5.41, 5.74) is 0.541. The molecular formula is C25H43NO3. The molecule has 3 N–H and O–H groups in total. The molecule has 0 bridgehead atoms. The van der Waals surface area contributed by atoms with Crippen molar-refractivity contribution in [2.24, 2.45) is 0 Å². The van der Waals surface area contributed by atoms with Gasteiger partial charge in [-0.15, -0.1) is 0 Å². The van der Waals surface area contributed by atoms with Gasteiger partial charge in [0.1, 0.15) is 0 Å². The minimum absolute atomic E-state index is 0.252. The van der Waals surface area contributed by atoms with E-state index in [2.05, 4.69) is 12.2 Å². The summed E-state index contributed by atoms with van der Waals surface area (Å²) >= 11 is 0. The smallest absolute Gasteiger partial charge is 0.251 e. The molecule has 0 heterocycles. The number of carbonyl (C=O) groups is 1. The Bertz CT molecular complexity index is 506. The van der Waals surface area contributed by atoms with Crippen LogP contribution in [0.25, 0.3) is 0 Å². The van der Waals surface area contributed by atoms with E-state index in [1.165, 1.54) is 70.6 Å². The maximum absolute atomic E-state index is 12.2. The summed E-state index contributed by atoms with van der Waals surface area (Å²) in [5, 5.41) is 22.6. The Balaban J connectivity index is 2.02. The number of hydrogen-bond acceptors (Lipinski definition) is 3. The molecule has 166 valence electrons. The molecule has 4 nitrogen and oxygen atoms in total. The minimum atomic E-state index is -0.708. The average molecular weight is 406 g/mol. The van der Waals surface area contributed by atoms with Crippen molar-refractivity contribution in [3.05, 3.63) is 35.9 Å². The highest BCUT2D eigenvalue weighted by molar-refractivity contribution is 5.94. The molecule has 1 rings (SSSR count). The van der Waals surface area contributed by atoms with Gasteiger partial charge in [-0.1, -0.05) is 109 Å². The Morgan fingerprint density at radius 1 is 0.828 bits per heavy atom. The van der Waals surface area contributed by atoms with Crippen LogP contribution in [0.2, 0.25) is 0 Å². The molecule has 0 radical (unpaired) electrons. The van der Waals surface area contributed by atoms with Crippen LogP contribution in [0.5, 0.6) is 0 Å². The molecule has 0 aliphatic carbocycles. The molecule has 1 aromatic rings. The van der Waals surface area contributed by atoms with Gasteiger partial charge in [0.05, 0.1) is 18.8 Å². The van der Waals surface area contributed by atoms with E-state index < -0.39 is 12.1 Å². The van der Waals surface area contributed by atoms with Crippen LogP contribution in [0.4, 0.5) is 0 Å². The van der Waals surface area contributed by atoms with Gasteiger partial charge >= 0.3 is 0 Å². The normalized spacial score (nSPS) is 13.2. The molecule has 0 aliphatic rings. The third-order valence-electron chi connectivity index (χ3n) is 5.62. The van der Waals surface area contributed by atoms with Crippen molar-refractivity contribution in [2.75, 3.05) is 6.61 Å². The second kappa shape index (κ2) is 17.5. The van der Waals surface area contributed by atoms with Crippen molar-refractivity contribution in [2.45, 2.75) is 109 Å². The molecule has 0 saturated heterocycles. The van der Waals surface area contributed by atoms with Crippen LogP contribution in [0.1, 0.15) is 107 Å². The lowest BCUT2D eigenvalue weighted by molar-refractivity contribution is 0.0661. The quantitative estimate of drug-likeness (QED) is 0.278. The number of aliphatic hydroxyl groups excluding tert-OH is 2. The van der Waals surface area contributed by atoms with Gasteiger partial charge in [0, 0.05) is 5.56 Å². The number of unbranched alkanes of at least 4 members (excludes halogenated alkanes) is 12. The van der Waals surface area contributed by atoms with Gasteiger partial charge in [-0.25, -0.2) is 0 Å². The summed E-state index contributed by atoms with van der Waals surface area (Å²) in [7, 11) is 0. The SMILES string of the molecule is CCCCCCCCCCCCCCC[C@@H](O)[C@@H](CO)NC(=O)c1ccccc1. The fourth-order valence-electron chi connectivity index (χ4n) is 3.68. The minimum Gasteiger partial charge on any atom is -0.394 e. The first-order valence-electron chi connectivity index (χ1n) is 11.8. The van der Waals surface area contributed by atoms with Gasteiger partial charge in [0.25, 0.3) is 5.91 Å². The zero-order valence-electron chi connectivity index (χ0n) is 18.5. The van der Waals surface area contributed by atoms with E-state index in [9.17, 15) is 15.0 Å². The van der Waals surface area contributed by atoms with Crippen LogP contribution in [0.3, 0.4) is 0 Å². The van der Waals surface area contributed by atoms with Gasteiger partial charge in [0.2, 0.25) is 0 Å². The van der Waals surface area contributed by atoms with Crippen molar-refractivity contribution in [3.63, 3.8) is 0 Å². The van der Waals surface area contributed by atoms with Crippen LogP contribution in [0.15, 0.2) is 30.3 Å². The maximum Gasteiger partial charge on any atom is 0.251 e. The number of amides is 1. The Morgan fingerprint density at radius 3 is 1.79 bits per heavy atom. The van der Waals surface area contributed by atoms with E-state index >= 15 is 0 Å². The van der Waals surface area contributed by atoms with Crippen LogP contribution in [-0.4, -0.2) is 34.9 Å². The Kier molecular flexibility index (Phi) is 15.4. The fourth-order valence-corrected chi connectivity index (χ4v) is 3.68. The highest BCUT2D eigenvalue weighted by Crippen LogP contribution is 2.14. The second-order valence-corrected chi connectivity index (χ2v) is 8.23. The van der Waals surface area contributed by atoms with E-state index in [0.29, 0.717) is 12.0 Å². The lowest BCUT2D eigenvalue weighted by atomic mass is 10.0. The lowest BCUT2D eigenvalue weighted by Gasteiger charge is -2.22. The van der Waals surface area contributed by atoms with Crippen LogP contribution >= 0.6 is 0 Å². The lowest BCUT2D eigenvalue weighted by Crippen LogP contribution is -2.45. The third-order valence-corrected chi connectivity index (χ3v) is 5.62. The Labute approximate surface area is 178 Å². The van der Waals surface area contributed by atoms with Gasteiger partial charge < -0.3 is 15.5 Å². The first kappa shape index (κ1) is 25.6. The molecule has 4 heteroatoms. The molecule has 0 spiro atoms. The number of rotatable bonds is 18. The summed E-state index contributed by atoms with van der Waals surface area (Å²) in [5.74, 6) is -0.255. The van der Waals surface area contributed by atoms with Gasteiger partial charge in [0.15, 0.2) is 0 Å². The van der Waals surface area contributed by atoms with E-state index in [4.69, 9.17) is 0 Å². The zero-order valence-corrected chi connectivity index (χ0v) is 18.5. The summed E-state index contributed by atoms with van der Waals surface area (Å²) in [6.07, 6.45) is 16.7. The van der Waals surface area contributed by atoms with Gasteiger partial charge in [-0.2, -0.15) is 0 Å². The van der Waals surface area contributed by atoms with Crippen molar-refractivity contribution in [1.29, 1.82) is 0 Å². The summed E-state index contributed by atoms with van der Waals surface area (Å²) < 4.78 is 0. The molecule has 0 fully saturated rings. The van der Waals surface area contributed by atoms with E-state index in [0.717, 1.165) is 12.8 Å². The zero-order chi connectivity index (χ0) is 21.2. The van der Waals surface area contributed by atoms with Crippen LogP contribution in [0, 0.1) is 0 Å². The molecule has 0 unspecified atom stereocenters. The summed E-state index contributed by atoms with van der Waals surface area (Å²) in [6.45, 7) is 2.01. The van der Waals surface area contributed by atoms with Crippen molar-refractivity contribution in [1.82, 2.24) is 5.32 Å². The van der Waals surface area contributed by atoms with E-state index in [1.807, 2.05) is 6.07 Å². The third kappa shape index (κ3) is 12.7. The highest BCUT2D eigenvalue weighted by atomic mass is 16.3. The molecule has 0 aliphatic heterocycles. The van der Waals surface area contributed by atoms with Crippen molar-refractivity contribution >= 4 is 5.91 Å². The summed E-state index contributed by atoms with van der Waals surface area (Å²) in [4.78, 5) is 12.2. The van der Waals surface area contributed by atoms with Crippen LogP contribution < -0.4 is 5.32 Å². The second-order valence-electron chi connectivity index (χ2n) is 8.23. The predicted octanol–water partition coefficient (Wildman–Crippen LogP) is 5.62. The Morgan fingerprint density at radius 2 is 1.31 bits per heavy atom. The van der Waals surface area contributed by atoms with Crippen molar-refractivity contribution in [3.8, 4) is 0 Å². The predicted molar refractivity (Wildman–Crippen MR) is 121 cm³/mol. The van der Waals surface area contributed by atoms with Gasteiger partial charge in [-0.3, -0.25) is 4.79 Å². The molecule has 1 aromatic carbocycles. The molecule has 1 amide bonds. The highest BCUT2D eigenvalue weighted by Gasteiger charge is 2.20. The monoisotopic (exact) mass is 405 g/mol. The first-order chi connectivity index (χ1) is 14.2. The number of nitrogens with one attached hydrogen (secondary N) is 1. The molecule has 0 saturated carbocycles. The average Bonchev–Trinajstić information content (AvgIpc) is 2.75.